The van der Waals surface area contributed by atoms with Crippen LogP contribution >= 0.6 is 11.8 Å². The highest BCUT2D eigenvalue weighted by atomic mass is 32.2. The molecule has 1 atom stereocenters. The van der Waals surface area contributed by atoms with Crippen LogP contribution in [-0.2, 0) is 22.6 Å². The van der Waals surface area contributed by atoms with E-state index >= 15 is 0 Å². The number of amides is 1. The lowest BCUT2D eigenvalue weighted by Crippen LogP contribution is -2.46. The van der Waals surface area contributed by atoms with Crippen molar-refractivity contribution >= 4 is 23.6 Å². The van der Waals surface area contributed by atoms with E-state index in [4.69, 9.17) is 5.11 Å². The van der Waals surface area contributed by atoms with E-state index in [2.05, 4.69) is 22.3 Å². The Morgan fingerprint density at radius 3 is 2.77 bits per heavy atom. The Balaban J connectivity index is 1.86. The number of aliphatic carboxylic acids is 1. The fourth-order valence-electron chi connectivity index (χ4n) is 2.63. The number of rotatable bonds is 7. The molecule has 1 amide bonds. The van der Waals surface area contributed by atoms with Gasteiger partial charge >= 0.3 is 5.97 Å². The third-order valence-electron chi connectivity index (χ3n) is 3.82. The molecular weight excluding hydrogens is 300 g/mol. The van der Waals surface area contributed by atoms with Crippen molar-refractivity contribution < 1.29 is 14.7 Å². The summed E-state index contributed by atoms with van der Waals surface area (Å²) in [5.41, 5.74) is 2.58. The minimum Gasteiger partial charge on any atom is -0.480 e. The third-order valence-corrected chi connectivity index (χ3v) is 4.46. The topological polar surface area (TPSA) is 69.6 Å². The maximum atomic E-state index is 12.1. The van der Waals surface area contributed by atoms with Crippen LogP contribution in [0.5, 0.6) is 0 Å². The number of carboxylic acids is 1. The standard InChI is InChI=1S/C16H22N2O3S/c1-22-9-7-14(16(20)21)17-15(19)11-18-8-6-12-4-2-3-5-13(12)10-18/h2-5,14H,6-11H2,1H3,(H,17,19)(H,20,21)/t14-/m1/s1. The van der Waals surface area contributed by atoms with Gasteiger partial charge in [-0.2, -0.15) is 11.8 Å². The van der Waals surface area contributed by atoms with Gasteiger partial charge in [0.25, 0.3) is 0 Å². The lowest BCUT2D eigenvalue weighted by Gasteiger charge is -2.28. The summed E-state index contributed by atoms with van der Waals surface area (Å²) in [6.07, 6.45) is 3.30. The molecule has 2 rings (SSSR count). The molecule has 0 aliphatic carbocycles. The van der Waals surface area contributed by atoms with Gasteiger partial charge in [0.2, 0.25) is 5.91 Å². The molecule has 0 saturated heterocycles. The van der Waals surface area contributed by atoms with Gasteiger partial charge in [0.15, 0.2) is 0 Å². The van der Waals surface area contributed by atoms with E-state index < -0.39 is 12.0 Å². The Bertz CT molecular complexity index is 536. The van der Waals surface area contributed by atoms with Crippen molar-refractivity contribution in [2.24, 2.45) is 0 Å². The summed E-state index contributed by atoms with van der Waals surface area (Å²) in [7, 11) is 0. The Morgan fingerprint density at radius 2 is 2.09 bits per heavy atom. The number of carbonyl (C=O) groups excluding carboxylic acids is 1. The molecule has 1 heterocycles. The largest absolute Gasteiger partial charge is 0.480 e. The van der Waals surface area contributed by atoms with E-state index in [1.807, 2.05) is 18.4 Å². The second kappa shape index (κ2) is 8.19. The lowest BCUT2D eigenvalue weighted by molar-refractivity contribution is -0.142. The summed E-state index contributed by atoms with van der Waals surface area (Å²) in [5.74, 6) is -0.465. The van der Waals surface area contributed by atoms with Gasteiger partial charge < -0.3 is 10.4 Å². The first-order valence-electron chi connectivity index (χ1n) is 7.40. The Hall–Kier alpha value is -1.53. The molecule has 0 bridgehead atoms. The predicted octanol–water partition coefficient (Wildman–Crippen LogP) is 1.37. The summed E-state index contributed by atoms with van der Waals surface area (Å²) in [6.45, 7) is 1.82. The zero-order valence-electron chi connectivity index (χ0n) is 12.7. The van der Waals surface area contributed by atoms with Crippen molar-refractivity contribution in [1.29, 1.82) is 0 Å². The van der Waals surface area contributed by atoms with Gasteiger partial charge in [-0.1, -0.05) is 24.3 Å². The second-order valence-corrected chi connectivity index (χ2v) is 6.45. The van der Waals surface area contributed by atoms with Crippen molar-refractivity contribution in [3.63, 3.8) is 0 Å². The zero-order valence-corrected chi connectivity index (χ0v) is 13.6. The van der Waals surface area contributed by atoms with E-state index in [0.29, 0.717) is 12.2 Å². The molecule has 2 N–H and O–H groups in total. The summed E-state index contributed by atoms with van der Waals surface area (Å²) in [4.78, 5) is 25.3. The molecular formula is C16H22N2O3S. The molecule has 0 saturated carbocycles. The van der Waals surface area contributed by atoms with Crippen LogP contribution in [0, 0.1) is 0 Å². The maximum Gasteiger partial charge on any atom is 0.326 e. The minimum absolute atomic E-state index is 0.215. The lowest BCUT2D eigenvalue weighted by atomic mass is 10.00. The van der Waals surface area contributed by atoms with Crippen LogP contribution < -0.4 is 5.32 Å². The quantitative estimate of drug-likeness (QED) is 0.793. The summed E-state index contributed by atoms with van der Waals surface area (Å²) < 4.78 is 0. The van der Waals surface area contributed by atoms with Gasteiger partial charge in [-0.05, 0) is 36.0 Å². The molecule has 1 aromatic rings. The first kappa shape index (κ1) is 16.8. The number of benzene rings is 1. The fraction of sp³-hybridized carbons (Fsp3) is 0.500. The van der Waals surface area contributed by atoms with Crippen LogP contribution in [0.15, 0.2) is 24.3 Å². The molecule has 0 spiro atoms. The first-order chi connectivity index (χ1) is 10.6. The van der Waals surface area contributed by atoms with E-state index in [1.54, 1.807) is 11.8 Å². The number of thioether (sulfide) groups is 1. The summed E-state index contributed by atoms with van der Waals surface area (Å²) in [6, 6.07) is 7.44. The van der Waals surface area contributed by atoms with Gasteiger partial charge in [0, 0.05) is 13.1 Å². The van der Waals surface area contributed by atoms with Crippen molar-refractivity contribution in [2.45, 2.75) is 25.4 Å². The van der Waals surface area contributed by atoms with Gasteiger partial charge in [-0.15, -0.1) is 0 Å². The number of carboxylic acid groups (broad SMARTS) is 1. The Kier molecular flexibility index (Phi) is 6.27. The van der Waals surface area contributed by atoms with Crippen molar-refractivity contribution in [3.05, 3.63) is 35.4 Å². The maximum absolute atomic E-state index is 12.1. The number of carbonyl (C=O) groups is 2. The number of hydrogen-bond acceptors (Lipinski definition) is 4. The number of hydrogen-bond donors (Lipinski definition) is 2. The SMILES string of the molecule is CSCC[C@@H](NC(=O)CN1CCc2ccccc2C1)C(=O)O. The molecule has 6 heteroatoms. The Morgan fingerprint density at radius 1 is 1.36 bits per heavy atom. The zero-order chi connectivity index (χ0) is 15.9. The minimum atomic E-state index is -0.966. The van der Waals surface area contributed by atoms with Gasteiger partial charge in [-0.3, -0.25) is 9.69 Å². The molecule has 22 heavy (non-hydrogen) atoms. The number of nitrogens with zero attached hydrogens (tertiary/aromatic N) is 1. The first-order valence-corrected chi connectivity index (χ1v) is 8.79. The van der Waals surface area contributed by atoms with E-state index in [-0.39, 0.29) is 12.5 Å². The van der Waals surface area contributed by atoms with E-state index in [0.717, 1.165) is 19.5 Å². The van der Waals surface area contributed by atoms with Gasteiger partial charge in [0.1, 0.15) is 6.04 Å². The molecule has 120 valence electrons. The van der Waals surface area contributed by atoms with E-state index in [1.165, 1.54) is 11.1 Å². The summed E-state index contributed by atoms with van der Waals surface area (Å²) in [5, 5.41) is 11.8. The van der Waals surface area contributed by atoms with Crippen LogP contribution in [0.25, 0.3) is 0 Å². The molecule has 0 radical (unpaired) electrons. The van der Waals surface area contributed by atoms with Crippen molar-refractivity contribution in [2.75, 3.05) is 25.1 Å². The molecule has 0 aromatic heterocycles. The normalized spacial score (nSPS) is 15.9. The smallest absolute Gasteiger partial charge is 0.326 e. The summed E-state index contributed by atoms with van der Waals surface area (Å²) >= 11 is 1.58. The average molecular weight is 322 g/mol. The van der Waals surface area contributed by atoms with Crippen LogP contribution in [0.1, 0.15) is 17.5 Å². The molecule has 5 nitrogen and oxygen atoms in total. The predicted molar refractivity (Wildman–Crippen MR) is 88.0 cm³/mol. The molecule has 1 aliphatic rings. The van der Waals surface area contributed by atoms with Crippen LogP contribution in [0.2, 0.25) is 0 Å². The average Bonchev–Trinajstić information content (AvgIpc) is 2.51. The van der Waals surface area contributed by atoms with E-state index in [9.17, 15) is 9.59 Å². The molecule has 1 aliphatic heterocycles. The molecule has 0 unspecified atom stereocenters. The molecule has 1 aromatic carbocycles. The van der Waals surface area contributed by atoms with Crippen LogP contribution in [0.4, 0.5) is 0 Å². The Labute approximate surface area is 135 Å². The highest BCUT2D eigenvalue weighted by Gasteiger charge is 2.22. The highest BCUT2D eigenvalue weighted by molar-refractivity contribution is 7.98. The van der Waals surface area contributed by atoms with Crippen LogP contribution in [0.3, 0.4) is 0 Å². The van der Waals surface area contributed by atoms with Crippen LogP contribution in [-0.4, -0.2) is 53.0 Å². The highest BCUT2D eigenvalue weighted by Crippen LogP contribution is 2.17. The third kappa shape index (κ3) is 4.74. The van der Waals surface area contributed by atoms with Gasteiger partial charge in [-0.25, -0.2) is 4.79 Å². The van der Waals surface area contributed by atoms with Crippen molar-refractivity contribution in [3.8, 4) is 0 Å². The molecule has 0 fully saturated rings. The van der Waals surface area contributed by atoms with Crippen molar-refractivity contribution in [1.82, 2.24) is 10.2 Å². The monoisotopic (exact) mass is 322 g/mol. The number of nitrogens with one attached hydrogen (secondary N) is 1. The van der Waals surface area contributed by atoms with Gasteiger partial charge in [0.05, 0.1) is 6.54 Å². The fourth-order valence-corrected chi connectivity index (χ4v) is 3.10. The number of fused-ring (bicyclic) bond motifs is 1. The second-order valence-electron chi connectivity index (χ2n) is 5.47.